The fourth-order valence-corrected chi connectivity index (χ4v) is 1.79. The molecule has 1 aromatic carbocycles. The van der Waals surface area contributed by atoms with Gasteiger partial charge in [-0.2, -0.15) is 0 Å². The highest BCUT2D eigenvalue weighted by atomic mass is 19.3. The zero-order chi connectivity index (χ0) is 14.3. The summed E-state index contributed by atoms with van der Waals surface area (Å²) in [7, 11) is 1.70. The Balaban J connectivity index is 2.36. The molecule has 0 fully saturated rings. The lowest BCUT2D eigenvalue weighted by Crippen LogP contribution is -2.30. The molecule has 1 aromatic rings. The van der Waals surface area contributed by atoms with Crippen molar-refractivity contribution >= 4 is 0 Å². The van der Waals surface area contributed by atoms with Gasteiger partial charge in [0.1, 0.15) is 0 Å². The lowest BCUT2D eigenvalue weighted by Gasteiger charge is -2.24. The molecule has 0 aliphatic carbocycles. The highest BCUT2D eigenvalue weighted by molar-refractivity contribution is 5.23. The lowest BCUT2D eigenvalue weighted by atomic mass is 9.89. The van der Waals surface area contributed by atoms with E-state index in [-0.39, 0.29) is 11.0 Å². The molecule has 0 atom stereocenters. The van der Waals surface area contributed by atoms with Crippen LogP contribution in [0.25, 0.3) is 0 Å². The smallest absolute Gasteiger partial charge is 0.263 e. The molecular formula is C15H23F2NO. The standard InChI is InChI=1S/C15H23F2NO/c1-15(2,8-9-19-3)11-18-10-12-4-6-13(7-5-12)14(16)17/h4-7,14,18H,8-11H2,1-3H3. The van der Waals surface area contributed by atoms with E-state index in [9.17, 15) is 8.78 Å². The summed E-state index contributed by atoms with van der Waals surface area (Å²) in [6.07, 6.45) is -1.41. The van der Waals surface area contributed by atoms with Crippen LogP contribution < -0.4 is 5.32 Å². The lowest BCUT2D eigenvalue weighted by molar-refractivity contribution is 0.150. The summed E-state index contributed by atoms with van der Waals surface area (Å²) in [5, 5.41) is 3.36. The third-order valence-electron chi connectivity index (χ3n) is 3.15. The first kappa shape index (κ1) is 16.1. The molecule has 0 saturated carbocycles. The van der Waals surface area contributed by atoms with Gasteiger partial charge in [-0.1, -0.05) is 38.1 Å². The van der Waals surface area contributed by atoms with Crippen molar-refractivity contribution in [2.24, 2.45) is 5.41 Å². The number of halogens is 2. The van der Waals surface area contributed by atoms with Gasteiger partial charge in [-0.25, -0.2) is 8.78 Å². The summed E-state index contributed by atoms with van der Waals surface area (Å²) < 4.78 is 29.9. The topological polar surface area (TPSA) is 21.3 Å². The summed E-state index contributed by atoms with van der Waals surface area (Å²) in [4.78, 5) is 0. The van der Waals surface area contributed by atoms with Crippen molar-refractivity contribution in [2.45, 2.75) is 33.2 Å². The van der Waals surface area contributed by atoms with E-state index in [1.807, 2.05) is 0 Å². The van der Waals surface area contributed by atoms with E-state index in [2.05, 4.69) is 19.2 Å². The van der Waals surface area contributed by atoms with E-state index in [1.54, 1.807) is 19.2 Å². The maximum absolute atomic E-state index is 12.4. The number of methoxy groups -OCH3 is 1. The monoisotopic (exact) mass is 271 g/mol. The molecule has 0 heterocycles. The second kappa shape index (κ2) is 7.56. The number of hydrogen-bond donors (Lipinski definition) is 1. The minimum absolute atomic E-state index is 0.0733. The average molecular weight is 271 g/mol. The Hall–Kier alpha value is -1.00. The Morgan fingerprint density at radius 1 is 1.21 bits per heavy atom. The number of ether oxygens (including phenoxy) is 1. The molecule has 0 amide bonds. The fourth-order valence-electron chi connectivity index (χ4n) is 1.79. The Labute approximate surface area is 114 Å². The van der Waals surface area contributed by atoms with Crippen molar-refractivity contribution in [2.75, 3.05) is 20.3 Å². The number of alkyl halides is 2. The van der Waals surface area contributed by atoms with Gasteiger partial charge in [-0.05, 0) is 17.4 Å². The van der Waals surface area contributed by atoms with Crippen LogP contribution in [-0.4, -0.2) is 20.3 Å². The van der Waals surface area contributed by atoms with Crippen LogP contribution >= 0.6 is 0 Å². The van der Waals surface area contributed by atoms with Crippen LogP contribution in [0.1, 0.15) is 37.8 Å². The molecular weight excluding hydrogens is 248 g/mol. The maximum Gasteiger partial charge on any atom is 0.263 e. The molecule has 0 aliphatic rings. The zero-order valence-electron chi connectivity index (χ0n) is 11.9. The third-order valence-corrected chi connectivity index (χ3v) is 3.15. The summed E-state index contributed by atoms with van der Waals surface area (Å²) in [5.41, 5.74) is 1.26. The number of rotatable bonds is 8. The Kier molecular flexibility index (Phi) is 6.38. The fraction of sp³-hybridized carbons (Fsp3) is 0.600. The highest BCUT2D eigenvalue weighted by Gasteiger charge is 2.16. The van der Waals surface area contributed by atoms with E-state index < -0.39 is 6.43 Å². The molecule has 0 spiro atoms. The molecule has 19 heavy (non-hydrogen) atoms. The second-order valence-electron chi connectivity index (χ2n) is 5.55. The average Bonchev–Trinajstić information content (AvgIpc) is 2.37. The van der Waals surface area contributed by atoms with Crippen molar-refractivity contribution in [3.05, 3.63) is 35.4 Å². The van der Waals surface area contributed by atoms with Crippen LogP contribution in [0, 0.1) is 5.41 Å². The van der Waals surface area contributed by atoms with Crippen LogP contribution in [0.3, 0.4) is 0 Å². The van der Waals surface area contributed by atoms with Gasteiger partial charge in [-0.15, -0.1) is 0 Å². The normalized spacial score (nSPS) is 12.1. The second-order valence-corrected chi connectivity index (χ2v) is 5.55. The van der Waals surface area contributed by atoms with Gasteiger partial charge in [0, 0.05) is 32.4 Å². The van der Waals surface area contributed by atoms with E-state index in [0.717, 1.165) is 25.1 Å². The van der Waals surface area contributed by atoms with Gasteiger partial charge in [0.05, 0.1) is 0 Å². The first-order valence-corrected chi connectivity index (χ1v) is 6.51. The molecule has 2 nitrogen and oxygen atoms in total. The van der Waals surface area contributed by atoms with E-state index in [0.29, 0.717) is 6.54 Å². The van der Waals surface area contributed by atoms with Crippen LogP contribution in [0.2, 0.25) is 0 Å². The highest BCUT2D eigenvalue weighted by Crippen LogP contribution is 2.20. The molecule has 108 valence electrons. The summed E-state index contributed by atoms with van der Waals surface area (Å²) >= 11 is 0. The van der Waals surface area contributed by atoms with Gasteiger partial charge in [0.2, 0.25) is 0 Å². The predicted molar refractivity (Wildman–Crippen MR) is 73.4 cm³/mol. The van der Waals surface area contributed by atoms with Crippen molar-refractivity contribution < 1.29 is 13.5 Å². The number of nitrogens with one attached hydrogen (secondary N) is 1. The van der Waals surface area contributed by atoms with E-state index >= 15 is 0 Å². The number of benzene rings is 1. The molecule has 0 unspecified atom stereocenters. The van der Waals surface area contributed by atoms with Crippen LogP contribution in [0.15, 0.2) is 24.3 Å². The molecule has 0 aromatic heterocycles. The molecule has 1 N–H and O–H groups in total. The maximum atomic E-state index is 12.4. The van der Waals surface area contributed by atoms with E-state index in [4.69, 9.17) is 4.74 Å². The molecule has 0 bridgehead atoms. The van der Waals surface area contributed by atoms with Gasteiger partial charge < -0.3 is 10.1 Å². The van der Waals surface area contributed by atoms with Gasteiger partial charge in [0.15, 0.2) is 0 Å². The Morgan fingerprint density at radius 3 is 2.37 bits per heavy atom. The molecule has 0 radical (unpaired) electrons. The molecule has 0 aliphatic heterocycles. The van der Waals surface area contributed by atoms with E-state index in [1.165, 1.54) is 12.1 Å². The van der Waals surface area contributed by atoms with Gasteiger partial charge >= 0.3 is 0 Å². The summed E-state index contributed by atoms with van der Waals surface area (Å²) in [6.45, 7) is 6.67. The van der Waals surface area contributed by atoms with Crippen LogP contribution in [0.4, 0.5) is 8.78 Å². The summed E-state index contributed by atoms with van der Waals surface area (Å²) in [6, 6.07) is 6.46. The summed E-state index contributed by atoms with van der Waals surface area (Å²) in [5.74, 6) is 0. The molecule has 0 saturated heterocycles. The zero-order valence-corrected chi connectivity index (χ0v) is 11.9. The third kappa shape index (κ3) is 6.12. The largest absolute Gasteiger partial charge is 0.385 e. The van der Waals surface area contributed by atoms with Crippen molar-refractivity contribution in [3.8, 4) is 0 Å². The van der Waals surface area contributed by atoms with Gasteiger partial charge in [-0.3, -0.25) is 0 Å². The van der Waals surface area contributed by atoms with Crippen molar-refractivity contribution in [3.63, 3.8) is 0 Å². The van der Waals surface area contributed by atoms with Crippen molar-refractivity contribution in [1.82, 2.24) is 5.32 Å². The first-order chi connectivity index (χ1) is 8.94. The minimum atomic E-state index is -2.39. The quantitative estimate of drug-likeness (QED) is 0.777. The Bertz CT molecular complexity index is 363. The van der Waals surface area contributed by atoms with Crippen LogP contribution in [0.5, 0.6) is 0 Å². The SMILES string of the molecule is COCCC(C)(C)CNCc1ccc(C(F)F)cc1. The van der Waals surface area contributed by atoms with Gasteiger partial charge in [0.25, 0.3) is 6.43 Å². The Morgan fingerprint density at radius 2 is 1.84 bits per heavy atom. The predicted octanol–water partition coefficient (Wildman–Crippen LogP) is 3.78. The molecule has 1 rings (SSSR count). The van der Waals surface area contributed by atoms with Crippen LogP contribution in [-0.2, 0) is 11.3 Å². The number of hydrogen-bond acceptors (Lipinski definition) is 2. The minimum Gasteiger partial charge on any atom is -0.385 e. The van der Waals surface area contributed by atoms with Crippen molar-refractivity contribution in [1.29, 1.82) is 0 Å². The molecule has 4 heteroatoms. The first-order valence-electron chi connectivity index (χ1n) is 6.51.